The lowest BCUT2D eigenvalue weighted by molar-refractivity contribution is 0.283. The van der Waals surface area contributed by atoms with Gasteiger partial charge >= 0.3 is 0 Å². The van der Waals surface area contributed by atoms with Gasteiger partial charge in [-0.2, -0.15) is 0 Å². The van der Waals surface area contributed by atoms with Crippen molar-refractivity contribution >= 4 is 5.69 Å². The molecule has 1 aromatic carbocycles. The van der Waals surface area contributed by atoms with E-state index >= 15 is 0 Å². The first kappa shape index (κ1) is 13.6. The Balaban J connectivity index is 1.88. The van der Waals surface area contributed by atoms with Gasteiger partial charge in [-0.05, 0) is 36.4 Å². The Morgan fingerprint density at radius 3 is 2.53 bits per heavy atom. The van der Waals surface area contributed by atoms with Gasteiger partial charge in [0.15, 0.2) is 0 Å². The van der Waals surface area contributed by atoms with Crippen LogP contribution in [0, 0.1) is 0 Å². The first-order valence-corrected chi connectivity index (χ1v) is 6.74. The second-order valence-electron chi connectivity index (χ2n) is 4.68. The standard InChI is InChI=1S/C16H21N3/c1-2-19(12-10-16-5-3-4-11-18-16)13-14-6-8-15(17)9-7-14/h3-9,11H,2,10,12-13,17H2,1H3. The van der Waals surface area contributed by atoms with Crippen molar-refractivity contribution in [3.63, 3.8) is 0 Å². The number of rotatable bonds is 6. The zero-order chi connectivity index (χ0) is 13.5. The second kappa shape index (κ2) is 6.90. The molecule has 0 aliphatic rings. The van der Waals surface area contributed by atoms with E-state index in [9.17, 15) is 0 Å². The summed E-state index contributed by atoms with van der Waals surface area (Å²) in [4.78, 5) is 6.78. The van der Waals surface area contributed by atoms with Crippen LogP contribution in [0.5, 0.6) is 0 Å². The summed E-state index contributed by atoms with van der Waals surface area (Å²) < 4.78 is 0. The summed E-state index contributed by atoms with van der Waals surface area (Å²) in [6.45, 7) is 5.22. The van der Waals surface area contributed by atoms with Crippen molar-refractivity contribution in [3.8, 4) is 0 Å². The summed E-state index contributed by atoms with van der Waals surface area (Å²) in [6, 6.07) is 14.2. The van der Waals surface area contributed by atoms with E-state index in [0.29, 0.717) is 0 Å². The van der Waals surface area contributed by atoms with Crippen LogP contribution in [0.15, 0.2) is 48.7 Å². The van der Waals surface area contributed by atoms with Gasteiger partial charge in [0.1, 0.15) is 0 Å². The van der Waals surface area contributed by atoms with Crippen LogP contribution >= 0.6 is 0 Å². The number of aromatic nitrogens is 1. The largest absolute Gasteiger partial charge is 0.399 e. The number of pyridine rings is 1. The number of hydrogen-bond acceptors (Lipinski definition) is 3. The molecule has 0 saturated heterocycles. The van der Waals surface area contributed by atoms with E-state index in [4.69, 9.17) is 5.73 Å². The molecule has 0 saturated carbocycles. The number of benzene rings is 1. The summed E-state index contributed by atoms with van der Waals surface area (Å²) >= 11 is 0. The fourth-order valence-electron chi connectivity index (χ4n) is 2.05. The first-order chi connectivity index (χ1) is 9.28. The highest BCUT2D eigenvalue weighted by Crippen LogP contribution is 2.09. The normalized spacial score (nSPS) is 10.8. The van der Waals surface area contributed by atoms with Crippen LogP contribution in [0.25, 0.3) is 0 Å². The number of likely N-dealkylation sites (N-methyl/N-ethyl adjacent to an activating group) is 1. The smallest absolute Gasteiger partial charge is 0.0416 e. The van der Waals surface area contributed by atoms with Gasteiger partial charge in [-0.25, -0.2) is 0 Å². The molecule has 1 aromatic heterocycles. The van der Waals surface area contributed by atoms with Crippen molar-refractivity contribution in [1.82, 2.24) is 9.88 Å². The SMILES string of the molecule is CCN(CCc1ccccn1)Cc1ccc(N)cc1. The van der Waals surface area contributed by atoms with Gasteiger partial charge in [-0.1, -0.05) is 25.1 Å². The van der Waals surface area contributed by atoms with E-state index in [2.05, 4.69) is 35.0 Å². The monoisotopic (exact) mass is 255 g/mol. The van der Waals surface area contributed by atoms with Crippen LogP contribution < -0.4 is 5.73 Å². The Morgan fingerprint density at radius 1 is 1.11 bits per heavy atom. The Labute approximate surface area is 115 Å². The molecule has 0 unspecified atom stereocenters. The maximum absolute atomic E-state index is 5.70. The molecule has 19 heavy (non-hydrogen) atoms. The average molecular weight is 255 g/mol. The zero-order valence-corrected chi connectivity index (χ0v) is 11.4. The van der Waals surface area contributed by atoms with Crippen LogP contribution in [-0.2, 0) is 13.0 Å². The zero-order valence-electron chi connectivity index (χ0n) is 11.4. The summed E-state index contributed by atoms with van der Waals surface area (Å²) in [7, 11) is 0. The third-order valence-corrected chi connectivity index (χ3v) is 3.24. The molecule has 0 bridgehead atoms. The molecule has 100 valence electrons. The lowest BCUT2D eigenvalue weighted by atomic mass is 10.2. The van der Waals surface area contributed by atoms with Crippen LogP contribution in [0.4, 0.5) is 5.69 Å². The molecule has 2 rings (SSSR count). The molecule has 3 heteroatoms. The topological polar surface area (TPSA) is 42.2 Å². The third kappa shape index (κ3) is 4.38. The number of hydrogen-bond donors (Lipinski definition) is 1. The molecule has 0 radical (unpaired) electrons. The van der Waals surface area contributed by atoms with E-state index in [1.165, 1.54) is 5.56 Å². The fraction of sp³-hybridized carbons (Fsp3) is 0.312. The van der Waals surface area contributed by atoms with E-state index in [-0.39, 0.29) is 0 Å². The van der Waals surface area contributed by atoms with Gasteiger partial charge < -0.3 is 5.73 Å². The summed E-state index contributed by atoms with van der Waals surface area (Å²) in [6.07, 6.45) is 2.84. The average Bonchev–Trinajstić information content (AvgIpc) is 2.46. The van der Waals surface area contributed by atoms with Crippen molar-refractivity contribution in [2.45, 2.75) is 19.9 Å². The molecular weight excluding hydrogens is 234 g/mol. The third-order valence-electron chi connectivity index (χ3n) is 3.24. The van der Waals surface area contributed by atoms with Gasteiger partial charge in [0.2, 0.25) is 0 Å². The first-order valence-electron chi connectivity index (χ1n) is 6.74. The maximum Gasteiger partial charge on any atom is 0.0416 e. The van der Waals surface area contributed by atoms with Crippen LogP contribution in [0.3, 0.4) is 0 Å². The second-order valence-corrected chi connectivity index (χ2v) is 4.68. The molecule has 0 amide bonds. The van der Waals surface area contributed by atoms with Crippen LogP contribution in [0.1, 0.15) is 18.2 Å². The highest BCUT2D eigenvalue weighted by atomic mass is 15.1. The highest BCUT2D eigenvalue weighted by Gasteiger charge is 2.04. The summed E-state index contributed by atoms with van der Waals surface area (Å²) in [5, 5.41) is 0. The molecule has 0 spiro atoms. The fourth-order valence-corrected chi connectivity index (χ4v) is 2.05. The number of nitrogens with zero attached hydrogens (tertiary/aromatic N) is 2. The Morgan fingerprint density at radius 2 is 1.89 bits per heavy atom. The van der Waals surface area contributed by atoms with Crippen molar-refractivity contribution in [2.24, 2.45) is 0 Å². The lowest BCUT2D eigenvalue weighted by Gasteiger charge is -2.20. The Hall–Kier alpha value is -1.87. The van der Waals surface area contributed by atoms with Gasteiger partial charge in [0.25, 0.3) is 0 Å². The minimum Gasteiger partial charge on any atom is -0.399 e. The summed E-state index contributed by atoms with van der Waals surface area (Å²) in [5.74, 6) is 0. The number of anilines is 1. The molecule has 1 heterocycles. The van der Waals surface area contributed by atoms with Crippen molar-refractivity contribution in [3.05, 3.63) is 59.9 Å². The molecule has 0 fully saturated rings. The predicted molar refractivity (Wildman–Crippen MR) is 79.7 cm³/mol. The highest BCUT2D eigenvalue weighted by molar-refractivity contribution is 5.39. The molecule has 3 nitrogen and oxygen atoms in total. The van der Waals surface area contributed by atoms with E-state index in [1.54, 1.807) is 0 Å². The van der Waals surface area contributed by atoms with Gasteiger partial charge in [0.05, 0.1) is 0 Å². The molecule has 0 aliphatic carbocycles. The number of nitrogen functional groups attached to an aromatic ring is 1. The van der Waals surface area contributed by atoms with Crippen molar-refractivity contribution < 1.29 is 0 Å². The molecular formula is C16H21N3. The number of nitrogens with two attached hydrogens (primary N) is 1. The Kier molecular flexibility index (Phi) is 4.93. The van der Waals surface area contributed by atoms with Crippen molar-refractivity contribution in [1.29, 1.82) is 0 Å². The van der Waals surface area contributed by atoms with E-state index in [1.807, 2.05) is 30.5 Å². The quantitative estimate of drug-likeness (QED) is 0.807. The molecule has 0 atom stereocenters. The van der Waals surface area contributed by atoms with E-state index < -0.39 is 0 Å². The van der Waals surface area contributed by atoms with Crippen LogP contribution in [0.2, 0.25) is 0 Å². The predicted octanol–water partition coefficient (Wildman–Crippen LogP) is 2.73. The van der Waals surface area contributed by atoms with Gasteiger partial charge in [-0.3, -0.25) is 9.88 Å². The van der Waals surface area contributed by atoms with Crippen molar-refractivity contribution in [2.75, 3.05) is 18.8 Å². The maximum atomic E-state index is 5.70. The van der Waals surface area contributed by atoms with E-state index in [0.717, 1.165) is 37.4 Å². The minimum atomic E-state index is 0.820. The minimum absolute atomic E-state index is 0.820. The van der Waals surface area contributed by atoms with Gasteiger partial charge in [0, 0.05) is 37.1 Å². The molecule has 2 N–H and O–H groups in total. The lowest BCUT2D eigenvalue weighted by Crippen LogP contribution is -2.25. The van der Waals surface area contributed by atoms with Crippen LogP contribution in [-0.4, -0.2) is 23.0 Å². The summed E-state index contributed by atoms with van der Waals surface area (Å²) in [5.41, 5.74) is 8.98. The molecule has 0 aliphatic heterocycles. The van der Waals surface area contributed by atoms with Gasteiger partial charge in [-0.15, -0.1) is 0 Å². The Bertz CT molecular complexity index is 479. The molecule has 2 aromatic rings.